The van der Waals surface area contributed by atoms with Gasteiger partial charge in [-0.15, -0.1) is 0 Å². The zero-order chi connectivity index (χ0) is 12.5. The molecular weight excluding hydrogens is 226 g/mol. The first-order valence-corrected chi connectivity index (χ1v) is 6.57. The van der Waals surface area contributed by atoms with Crippen molar-refractivity contribution in [1.29, 1.82) is 0 Å². The maximum Gasteiger partial charge on any atom is 0.206 e. The Hall–Kier alpha value is -1.55. The lowest BCUT2D eigenvalue weighted by Crippen LogP contribution is -2.36. The van der Waals surface area contributed by atoms with Crippen molar-refractivity contribution in [1.82, 2.24) is 9.55 Å². The van der Waals surface area contributed by atoms with Crippen LogP contribution in [-0.2, 0) is 7.05 Å². The van der Waals surface area contributed by atoms with Gasteiger partial charge in [-0.2, -0.15) is 0 Å². The van der Waals surface area contributed by atoms with Crippen LogP contribution in [-0.4, -0.2) is 34.4 Å². The highest BCUT2D eigenvalue weighted by molar-refractivity contribution is 5.78. The van der Waals surface area contributed by atoms with Gasteiger partial charge in [0.2, 0.25) is 5.95 Å². The minimum atomic E-state index is 0.316. The molecule has 0 unspecified atom stereocenters. The van der Waals surface area contributed by atoms with Crippen molar-refractivity contribution >= 4 is 17.0 Å². The van der Waals surface area contributed by atoms with Crippen LogP contribution in [0, 0.1) is 5.92 Å². The van der Waals surface area contributed by atoms with Gasteiger partial charge in [-0.1, -0.05) is 12.1 Å². The first kappa shape index (κ1) is 11.5. The Morgan fingerprint density at radius 3 is 2.67 bits per heavy atom. The van der Waals surface area contributed by atoms with Crippen LogP contribution in [0.25, 0.3) is 11.0 Å². The Kier molecular flexibility index (Phi) is 2.96. The van der Waals surface area contributed by atoms with Gasteiger partial charge >= 0.3 is 0 Å². The summed E-state index contributed by atoms with van der Waals surface area (Å²) in [5, 5.41) is 9.18. The van der Waals surface area contributed by atoms with Crippen LogP contribution < -0.4 is 4.90 Å². The number of hydrogen-bond acceptors (Lipinski definition) is 3. The molecule has 18 heavy (non-hydrogen) atoms. The molecule has 1 saturated heterocycles. The third kappa shape index (κ3) is 1.86. The number of aryl methyl sites for hydroxylation is 1. The lowest BCUT2D eigenvalue weighted by Gasteiger charge is -2.31. The topological polar surface area (TPSA) is 41.3 Å². The van der Waals surface area contributed by atoms with Crippen LogP contribution >= 0.6 is 0 Å². The molecule has 1 aromatic heterocycles. The highest BCUT2D eigenvalue weighted by Gasteiger charge is 2.22. The summed E-state index contributed by atoms with van der Waals surface area (Å²) in [6, 6.07) is 8.23. The molecule has 0 aliphatic carbocycles. The van der Waals surface area contributed by atoms with Crippen LogP contribution in [0.3, 0.4) is 0 Å². The molecule has 1 aliphatic heterocycles. The van der Waals surface area contributed by atoms with E-state index in [2.05, 4.69) is 28.6 Å². The molecule has 4 heteroatoms. The predicted octanol–water partition coefficient (Wildman–Crippen LogP) is 1.78. The average Bonchev–Trinajstić information content (AvgIpc) is 2.77. The van der Waals surface area contributed by atoms with Gasteiger partial charge in [0.05, 0.1) is 11.0 Å². The summed E-state index contributed by atoms with van der Waals surface area (Å²) < 4.78 is 2.16. The summed E-state index contributed by atoms with van der Waals surface area (Å²) in [6.45, 7) is 2.29. The van der Waals surface area contributed by atoms with Gasteiger partial charge in [0.15, 0.2) is 0 Å². The molecule has 0 spiro atoms. The fraction of sp³-hybridized carbons (Fsp3) is 0.500. The molecule has 96 valence electrons. The number of benzene rings is 1. The Labute approximate surface area is 107 Å². The average molecular weight is 245 g/mol. The second-order valence-electron chi connectivity index (χ2n) is 5.07. The fourth-order valence-corrected chi connectivity index (χ4v) is 2.73. The Morgan fingerprint density at radius 1 is 1.28 bits per heavy atom. The van der Waals surface area contributed by atoms with Crippen molar-refractivity contribution in [3.05, 3.63) is 24.3 Å². The van der Waals surface area contributed by atoms with Gasteiger partial charge in [-0.05, 0) is 30.9 Å². The van der Waals surface area contributed by atoms with Crippen molar-refractivity contribution < 1.29 is 5.11 Å². The van der Waals surface area contributed by atoms with E-state index in [-0.39, 0.29) is 0 Å². The number of imidazole rings is 1. The molecule has 3 rings (SSSR count). The lowest BCUT2D eigenvalue weighted by molar-refractivity contribution is 0.202. The first-order chi connectivity index (χ1) is 8.79. The molecule has 2 heterocycles. The largest absolute Gasteiger partial charge is 0.396 e. The molecule has 0 amide bonds. The maximum atomic E-state index is 9.18. The molecule has 1 aromatic carbocycles. The molecule has 1 aliphatic rings. The Balaban J connectivity index is 1.89. The zero-order valence-electron chi connectivity index (χ0n) is 10.7. The quantitative estimate of drug-likeness (QED) is 0.877. The number of aromatic nitrogens is 2. The van der Waals surface area contributed by atoms with E-state index in [0.717, 1.165) is 37.4 Å². The number of aliphatic hydroxyl groups excluding tert-OH is 1. The van der Waals surface area contributed by atoms with Gasteiger partial charge in [-0.3, -0.25) is 0 Å². The maximum absolute atomic E-state index is 9.18. The highest BCUT2D eigenvalue weighted by Crippen LogP contribution is 2.25. The third-order valence-electron chi connectivity index (χ3n) is 3.92. The molecule has 4 nitrogen and oxygen atoms in total. The molecule has 1 fully saturated rings. The molecule has 0 bridgehead atoms. The van der Waals surface area contributed by atoms with E-state index < -0.39 is 0 Å². The SMILES string of the molecule is Cn1c(N2CCC(CO)CC2)nc2ccccc21. The lowest BCUT2D eigenvalue weighted by atomic mass is 9.98. The summed E-state index contributed by atoms with van der Waals surface area (Å²) in [6.07, 6.45) is 2.11. The van der Waals surface area contributed by atoms with Crippen LogP contribution in [0.5, 0.6) is 0 Å². The second-order valence-corrected chi connectivity index (χ2v) is 5.07. The van der Waals surface area contributed by atoms with E-state index in [4.69, 9.17) is 4.98 Å². The van der Waals surface area contributed by atoms with Crippen molar-refractivity contribution in [2.75, 3.05) is 24.6 Å². The van der Waals surface area contributed by atoms with Crippen molar-refractivity contribution in [3.8, 4) is 0 Å². The summed E-state index contributed by atoms with van der Waals surface area (Å²) in [5.74, 6) is 1.52. The number of piperidine rings is 1. The second kappa shape index (κ2) is 4.61. The minimum absolute atomic E-state index is 0.316. The number of hydrogen-bond donors (Lipinski definition) is 1. The van der Waals surface area contributed by atoms with E-state index in [9.17, 15) is 5.11 Å². The standard InChI is InChI=1S/C14H19N3O/c1-16-13-5-3-2-4-12(13)15-14(16)17-8-6-11(10-18)7-9-17/h2-5,11,18H,6-10H2,1H3. The highest BCUT2D eigenvalue weighted by atomic mass is 16.3. The molecule has 1 N–H and O–H groups in total. The van der Waals surface area contributed by atoms with Crippen LogP contribution in [0.2, 0.25) is 0 Å². The molecule has 0 atom stereocenters. The van der Waals surface area contributed by atoms with Crippen molar-refractivity contribution in [2.45, 2.75) is 12.8 Å². The number of fused-ring (bicyclic) bond motifs is 1. The fourth-order valence-electron chi connectivity index (χ4n) is 2.73. The molecule has 0 saturated carbocycles. The molecular formula is C14H19N3O. The van der Waals surface area contributed by atoms with Crippen LogP contribution in [0.1, 0.15) is 12.8 Å². The van der Waals surface area contributed by atoms with Gasteiger partial charge in [0.25, 0.3) is 0 Å². The van der Waals surface area contributed by atoms with Crippen molar-refractivity contribution in [2.24, 2.45) is 13.0 Å². The van der Waals surface area contributed by atoms with Gasteiger partial charge in [0, 0.05) is 26.7 Å². The van der Waals surface area contributed by atoms with E-state index >= 15 is 0 Å². The van der Waals surface area contributed by atoms with Gasteiger partial charge < -0.3 is 14.6 Å². The normalized spacial score (nSPS) is 17.6. The molecule has 0 radical (unpaired) electrons. The van der Waals surface area contributed by atoms with Crippen molar-refractivity contribution in [3.63, 3.8) is 0 Å². The Morgan fingerprint density at radius 2 is 2.00 bits per heavy atom. The smallest absolute Gasteiger partial charge is 0.206 e. The van der Waals surface area contributed by atoms with E-state index in [1.807, 2.05) is 12.1 Å². The third-order valence-corrected chi connectivity index (χ3v) is 3.92. The number of aliphatic hydroxyl groups is 1. The minimum Gasteiger partial charge on any atom is -0.396 e. The van der Waals surface area contributed by atoms with Gasteiger partial charge in [-0.25, -0.2) is 4.98 Å². The zero-order valence-corrected chi connectivity index (χ0v) is 10.7. The predicted molar refractivity (Wildman–Crippen MR) is 72.7 cm³/mol. The monoisotopic (exact) mass is 245 g/mol. The summed E-state index contributed by atoms with van der Waals surface area (Å²) >= 11 is 0. The van der Waals surface area contributed by atoms with Crippen LogP contribution in [0.15, 0.2) is 24.3 Å². The number of nitrogens with zero attached hydrogens (tertiary/aromatic N) is 3. The summed E-state index contributed by atoms with van der Waals surface area (Å²) in [4.78, 5) is 7.04. The Bertz CT molecular complexity index is 541. The first-order valence-electron chi connectivity index (χ1n) is 6.57. The van der Waals surface area contributed by atoms with E-state index in [1.165, 1.54) is 5.52 Å². The van der Waals surface area contributed by atoms with Crippen LogP contribution in [0.4, 0.5) is 5.95 Å². The number of para-hydroxylation sites is 2. The molecule has 2 aromatic rings. The van der Waals surface area contributed by atoms with E-state index in [1.54, 1.807) is 0 Å². The summed E-state index contributed by atoms with van der Waals surface area (Å²) in [5.41, 5.74) is 2.23. The van der Waals surface area contributed by atoms with E-state index in [0.29, 0.717) is 12.5 Å². The summed E-state index contributed by atoms with van der Waals surface area (Å²) in [7, 11) is 2.07. The number of anilines is 1. The van der Waals surface area contributed by atoms with Gasteiger partial charge in [0.1, 0.15) is 0 Å². The number of rotatable bonds is 2.